The molecule has 3 aliphatic carbocycles. The average molecular weight is 1090 g/mol. The van der Waals surface area contributed by atoms with Crippen molar-refractivity contribution in [2.75, 3.05) is 19.6 Å². The van der Waals surface area contributed by atoms with Crippen LogP contribution in [0.25, 0.3) is 33.9 Å². The van der Waals surface area contributed by atoms with Gasteiger partial charge in [0.15, 0.2) is 0 Å². The molecular formula is C81H64N4. The zero-order valence-electron chi connectivity index (χ0n) is 48.2. The summed E-state index contributed by atoms with van der Waals surface area (Å²) in [7, 11) is 0. The van der Waals surface area contributed by atoms with Crippen LogP contribution in [0.1, 0.15) is 84.5 Å². The van der Waals surface area contributed by atoms with Crippen LogP contribution in [-0.4, -0.2) is 6.04 Å². The Morgan fingerprint density at radius 2 is 0.835 bits per heavy atom. The number of nitrogens with zero attached hydrogens (tertiary/aromatic N) is 4. The summed E-state index contributed by atoms with van der Waals surface area (Å²) in [5.41, 5.74) is 28.8. The Kier molecular flexibility index (Phi) is 11.9. The summed E-state index contributed by atoms with van der Waals surface area (Å²) in [4.78, 5) is 9.90. The van der Waals surface area contributed by atoms with Gasteiger partial charge < -0.3 is 19.6 Å². The molecule has 0 amide bonds. The topological polar surface area (TPSA) is 13.0 Å². The number of hydrogen-bond acceptors (Lipinski definition) is 4. The molecule has 85 heavy (non-hydrogen) atoms. The van der Waals surface area contributed by atoms with Gasteiger partial charge in [-0.2, -0.15) is 0 Å². The summed E-state index contributed by atoms with van der Waals surface area (Å²) in [6.07, 6.45) is 14.4. The van der Waals surface area contributed by atoms with Gasteiger partial charge in [0.1, 0.15) is 0 Å². The highest BCUT2D eigenvalue weighted by molar-refractivity contribution is 6.03. The minimum absolute atomic E-state index is 0.215. The standard InChI is InChI=1S/C81H64N4/c1-4-25-56(57-43-47-64-65-48-44-62(53-69(65)80(2,3)68(64)52-57)84-76-38-21-17-34-72(76)82(60-30-13-7-14-31-60)73-35-18-22-39-77(73)84)50-55-42-46-66-67-49-45-63(54-71(67)81(70(66)51-55,58-26-9-5-10-27-58)59-28-11-6-12-29-59)85-78-40-23-19-36-74(78)83(61-32-15-8-16-33-61)75-37-20-24-41-79(75)85/h5-24,26-32,34-54,61H,4,25,33H2,1-3H3. The van der Waals surface area contributed by atoms with Crippen molar-refractivity contribution in [3.05, 3.63) is 330 Å². The van der Waals surface area contributed by atoms with Gasteiger partial charge in [0.2, 0.25) is 0 Å². The third kappa shape index (κ3) is 7.81. The summed E-state index contributed by atoms with van der Waals surface area (Å²) in [5, 5.41) is 0. The van der Waals surface area contributed by atoms with E-state index in [1.807, 2.05) is 0 Å². The second-order valence-electron chi connectivity index (χ2n) is 23.8. The van der Waals surface area contributed by atoms with Gasteiger partial charge in [-0.05, 0) is 182 Å². The molecule has 0 saturated heterocycles. The fourth-order valence-electron chi connectivity index (χ4n) is 15.0. The lowest BCUT2D eigenvalue weighted by Gasteiger charge is -2.43. The molecular weight excluding hydrogens is 1030 g/mol. The van der Waals surface area contributed by atoms with E-state index in [1.165, 1.54) is 95.1 Å². The molecule has 2 heterocycles. The molecule has 1 atom stereocenters. The lowest BCUT2D eigenvalue weighted by molar-refractivity contribution is 0.660. The first-order valence-electron chi connectivity index (χ1n) is 30.2. The Labute approximate surface area is 499 Å². The van der Waals surface area contributed by atoms with Crippen LogP contribution >= 0.6 is 0 Å². The van der Waals surface area contributed by atoms with Gasteiger partial charge in [-0.15, -0.1) is 0 Å². The molecule has 0 fully saturated rings. The lowest BCUT2D eigenvalue weighted by Crippen LogP contribution is -2.35. The Hall–Kier alpha value is -10.2. The molecule has 1 unspecified atom stereocenters. The molecule has 4 nitrogen and oxygen atoms in total. The molecule has 0 spiro atoms. The molecule has 0 saturated carbocycles. The highest BCUT2D eigenvalue weighted by atomic mass is 15.3. The number of anilines is 11. The van der Waals surface area contributed by atoms with Gasteiger partial charge >= 0.3 is 0 Å². The molecule has 16 rings (SSSR count). The van der Waals surface area contributed by atoms with Crippen LogP contribution in [0.3, 0.4) is 0 Å². The Morgan fingerprint density at radius 3 is 1.35 bits per heavy atom. The highest BCUT2D eigenvalue weighted by Gasteiger charge is 2.47. The molecule has 0 bridgehead atoms. The fourth-order valence-corrected chi connectivity index (χ4v) is 15.0. The van der Waals surface area contributed by atoms with Crippen LogP contribution in [0.5, 0.6) is 0 Å². The highest BCUT2D eigenvalue weighted by Crippen LogP contribution is 2.61. The van der Waals surface area contributed by atoms with E-state index in [9.17, 15) is 0 Å². The van der Waals surface area contributed by atoms with Crippen molar-refractivity contribution in [2.45, 2.75) is 56.9 Å². The van der Waals surface area contributed by atoms with Gasteiger partial charge in [0.05, 0.1) is 57.0 Å². The summed E-state index contributed by atoms with van der Waals surface area (Å²) >= 11 is 0. The molecule has 4 heteroatoms. The van der Waals surface area contributed by atoms with Crippen molar-refractivity contribution < 1.29 is 0 Å². The third-order valence-corrected chi connectivity index (χ3v) is 18.8. The van der Waals surface area contributed by atoms with Gasteiger partial charge in [0.25, 0.3) is 0 Å². The maximum Gasteiger partial charge on any atom is 0.0714 e. The van der Waals surface area contributed by atoms with E-state index in [2.05, 4.69) is 332 Å². The first-order chi connectivity index (χ1) is 41.9. The quantitative estimate of drug-likeness (QED) is 0.127. The molecule has 11 aromatic rings. The molecule has 11 aromatic carbocycles. The maximum atomic E-state index is 2.54. The summed E-state index contributed by atoms with van der Waals surface area (Å²) in [5.74, 6) is 0. The predicted octanol–water partition coefficient (Wildman–Crippen LogP) is 21.8. The van der Waals surface area contributed by atoms with Crippen molar-refractivity contribution >= 4 is 74.2 Å². The second kappa shape index (κ2) is 20.0. The van der Waals surface area contributed by atoms with Crippen molar-refractivity contribution in [3.8, 4) is 22.3 Å². The zero-order valence-corrected chi connectivity index (χ0v) is 48.2. The lowest BCUT2D eigenvalue weighted by atomic mass is 9.67. The summed E-state index contributed by atoms with van der Waals surface area (Å²) in [6.45, 7) is 7.15. The first kappa shape index (κ1) is 50.6. The van der Waals surface area contributed by atoms with Gasteiger partial charge in [-0.3, -0.25) is 0 Å². The van der Waals surface area contributed by atoms with E-state index in [-0.39, 0.29) is 11.5 Å². The van der Waals surface area contributed by atoms with E-state index in [0.29, 0.717) is 0 Å². The molecule has 5 aliphatic rings. The number of benzene rings is 11. The third-order valence-electron chi connectivity index (χ3n) is 18.8. The number of hydrogen-bond donors (Lipinski definition) is 0. The first-order valence-corrected chi connectivity index (χ1v) is 30.2. The number of para-hydroxylation sites is 9. The predicted molar refractivity (Wildman–Crippen MR) is 357 cm³/mol. The van der Waals surface area contributed by atoms with Crippen LogP contribution in [-0.2, 0) is 10.8 Å². The van der Waals surface area contributed by atoms with Gasteiger partial charge in [-0.1, -0.05) is 221 Å². The Morgan fingerprint density at radius 1 is 0.412 bits per heavy atom. The number of fused-ring (bicyclic) bond motifs is 10. The molecule has 0 N–H and O–H groups in total. The fraction of sp³-hybridized carbons (Fsp3) is 0.111. The minimum Gasteiger partial charge on any atom is -0.331 e. The van der Waals surface area contributed by atoms with Gasteiger partial charge in [0, 0.05) is 22.5 Å². The normalized spacial score (nSPS) is 16.2. The van der Waals surface area contributed by atoms with E-state index in [4.69, 9.17) is 0 Å². The molecule has 0 radical (unpaired) electrons. The second-order valence-corrected chi connectivity index (χ2v) is 23.8. The summed E-state index contributed by atoms with van der Waals surface area (Å²) < 4.78 is 0. The van der Waals surface area contributed by atoms with E-state index in [0.717, 1.165) is 59.1 Å². The largest absolute Gasteiger partial charge is 0.331 e. The molecule has 408 valence electrons. The number of rotatable bonds is 10. The molecule has 2 aliphatic heterocycles. The molecule has 0 aromatic heterocycles. The van der Waals surface area contributed by atoms with Crippen molar-refractivity contribution in [3.63, 3.8) is 0 Å². The number of allylic oxidation sites excluding steroid dienone is 3. The van der Waals surface area contributed by atoms with E-state index >= 15 is 0 Å². The van der Waals surface area contributed by atoms with E-state index < -0.39 is 5.41 Å². The van der Waals surface area contributed by atoms with Crippen LogP contribution < -0.4 is 19.6 Å². The van der Waals surface area contributed by atoms with Crippen molar-refractivity contribution in [1.29, 1.82) is 0 Å². The van der Waals surface area contributed by atoms with Crippen molar-refractivity contribution in [1.82, 2.24) is 0 Å². The SMILES string of the molecule is CCCC(=Cc1ccc2c(c1)C(c1ccccc1)(c1ccccc1)c1cc(N3c4ccccc4N(C4C=CC=CC4)c4ccccc43)ccc1-2)c1ccc2c(c1)C(C)(C)c1cc(N3c4ccccc4N(c4ccccc4)c4ccccc43)ccc1-2. The van der Waals surface area contributed by atoms with Crippen LogP contribution in [0.15, 0.2) is 285 Å². The van der Waals surface area contributed by atoms with Crippen LogP contribution in [0, 0.1) is 0 Å². The maximum absolute atomic E-state index is 2.54. The zero-order chi connectivity index (χ0) is 56.8. The smallest absolute Gasteiger partial charge is 0.0714 e. The van der Waals surface area contributed by atoms with Crippen LogP contribution in [0.4, 0.5) is 62.6 Å². The minimum atomic E-state index is -0.611. The Balaban J connectivity index is 0.794. The van der Waals surface area contributed by atoms with Crippen molar-refractivity contribution in [2.24, 2.45) is 0 Å². The summed E-state index contributed by atoms with van der Waals surface area (Å²) in [6, 6.07) is 98.1. The average Bonchev–Trinajstić information content (AvgIpc) is 1.74. The van der Waals surface area contributed by atoms with E-state index in [1.54, 1.807) is 0 Å². The van der Waals surface area contributed by atoms with Crippen LogP contribution in [0.2, 0.25) is 0 Å². The monoisotopic (exact) mass is 1090 g/mol. The van der Waals surface area contributed by atoms with Gasteiger partial charge in [-0.25, -0.2) is 0 Å². The Bertz CT molecular complexity index is 4400.